The molecule has 0 aromatic carbocycles. The quantitative estimate of drug-likeness (QED) is 0.787. The molecule has 3 aromatic heterocycles. The van der Waals surface area contributed by atoms with Crippen molar-refractivity contribution in [1.82, 2.24) is 9.97 Å². The van der Waals surface area contributed by atoms with Crippen LogP contribution in [0, 0.1) is 0 Å². The van der Waals surface area contributed by atoms with Crippen molar-refractivity contribution in [3.63, 3.8) is 0 Å². The zero-order chi connectivity index (χ0) is 13.9. The van der Waals surface area contributed by atoms with Crippen molar-refractivity contribution >= 4 is 46.0 Å². The third-order valence-corrected chi connectivity index (χ3v) is 4.54. The Morgan fingerprint density at radius 3 is 2.85 bits per heavy atom. The van der Waals surface area contributed by atoms with E-state index >= 15 is 0 Å². The fourth-order valence-corrected chi connectivity index (χ4v) is 3.25. The largest absolute Gasteiger partial charge is 0.305 e. The second kappa shape index (κ2) is 5.70. The Hall–Kier alpha value is -1.76. The molecule has 100 valence electrons. The molecule has 3 aromatic rings. The van der Waals surface area contributed by atoms with E-state index in [2.05, 4.69) is 15.3 Å². The molecule has 0 fully saturated rings. The molecule has 3 heterocycles. The summed E-state index contributed by atoms with van der Waals surface area (Å²) in [5, 5.41) is 7.77. The number of carbonyl (C=O) groups excluding carboxylic acids is 1. The molecule has 0 unspecified atom stereocenters. The van der Waals surface area contributed by atoms with E-state index in [1.165, 1.54) is 17.5 Å². The molecule has 0 aliphatic heterocycles. The molecule has 0 atom stereocenters. The molecule has 20 heavy (non-hydrogen) atoms. The number of hydrogen-bond donors (Lipinski definition) is 1. The number of carbonyl (C=O) groups is 1. The van der Waals surface area contributed by atoms with Gasteiger partial charge in [0.15, 0.2) is 0 Å². The maximum Gasteiger partial charge on any atom is 0.276 e. The third kappa shape index (κ3) is 2.87. The van der Waals surface area contributed by atoms with Crippen LogP contribution in [-0.4, -0.2) is 15.9 Å². The van der Waals surface area contributed by atoms with Crippen molar-refractivity contribution in [3.8, 4) is 9.88 Å². The molecule has 0 bridgehead atoms. The van der Waals surface area contributed by atoms with E-state index in [9.17, 15) is 4.79 Å². The van der Waals surface area contributed by atoms with E-state index < -0.39 is 0 Å². The molecule has 4 nitrogen and oxygen atoms in total. The molecule has 0 spiro atoms. The van der Waals surface area contributed by atoms with Gasteiger partial charge in [0.1, 0.15) is 16.5 Å². The fourth-order valence-electron chi connectivity index (χ4n) is 1.52. The Bertz CT molecular complexity index is 722. The van der Waals surface area contributed by atoms with Crippen LogP contribution in [0.2, 0.25) is 5.02 Å². The lowest BCUT2D eigenvalue weighted by atomic mass is 10.4. The third-order valence-electron chi connectivity index (χ3n) is 2.44. The minimum atomic E-state index is -0.279. The number of aromatic nitrogens is 2. The summed E-state index contributed by atoms with van der Waals surface area (Å²) in [6.07, 6.45) is 1.48. The van der Waals surface area contributed by atoms with Crippen molar-refractivity contribution < 1.29 is 4.79 Å². The van der Waals surface area contributed by atoms with Crippen LogP contribution in [0.15, 0.2) is 41.2 Å². The standard InChI is InChI=1S/C13H8ClN3OS2/c14-8-3-4-11(15-6-8)17-12(18)9-7-20-13(16-9)10-2-1-5-19-10/h1-7H,(H,15,17,18). The Balaban J connectivity index is 1.76. The predicted octanol–water partition coefficient (Wildman–Crippen LogP) is 4.17. The first-order valence-electron chi connectivity index (χ1n) is 5.65. The van der Waals surface area contributed by atoms with Crippen molar-refractivity contribution in [2.75, 3.05) is 5.32 Å². The van der Waals surface area contributed by atoms with Crippen molar-refractivity contribution in [2.45, 2.75) is 0 Å². The lowest BCUT2D eigenvalue weighted by Crippen LogP contribution is -2.13. The summed E-state index contributed by atoms with van der Waals surface area (Å²) in [5.41, 5.74) is 0.384. The number of rotatable bonds is 3. The number of nitrogens with one attached hydrogen (secondary N) is 1. The monoisotopic (exact) mass is 321 g/mol. The number of amides is 1. The van der Waals surface area contributed by atoms with Gasteiger partial charge in [0, 0.05) is 11.6 Å². The van der Waals surface area contributed by atoms with Gasteiger partial charge < -0.3 is 5.32 Å². The highest BCUT2D eigenvalue weighted by molar-refractivity contribution is 7.20. The molecule has 0 aliphatic rings. The molecule has 1 amide bonds. The Kier molecular flexibility index (Phi) is 3.77. The Morgan fingerprint density at radius 2 is 2.15 bits per heavy atom. The van der Waals surface area contributed by atoms with Gasteiger partial charge in [0.05, 0.1) is 9.90 Å². The first-order chi connectivity index (χ1) is 9.72. The van der Waals surface area contributed by atoms with E-state index in [0.717, 1.165) is 9.88 Å². The van der Waals surface area contributed by atoms with Gasteiger partial charge in [0.25, 0.3) is 5.91 Å². The number of thiazole rings is 1. The van der Waals surface area contributed by atoms with Crippen LogP contribution in [0.3, 0.4) is 0 Å². The first-order valence-corrected chi connectivity index (χ1v) is 7.78. The molecule has 0 aliphatic carbocycles. The van der Waals surface area contributed by atoms with Crippen molar-refractivity contribution in [1.29, 1.82) is 0 Å². The van der Waals surface area contributed by atoms with Crippen LogP contribution in [-0.2, 0) is 0 Å². The molecule has 0 radical (unpaired) electrons. The number of thiophene rings is 1. The molecular weight excluding hydrogens is 314 g/mol. The van der Waals surface area contributed by atoms with E-state index in [4.69, 9.17) is 11.6 Å². The summed E-state index contributed by atoms with van der Waals surface area (Å²) in [7, 11) is 0. The molecule has 0 saturated heterocycles. The number of pyridine rings is 1. The average molecular weight is 322 g/mol. The smallest absolute Gasteiger partial charge is 0.276 e. The van der Waals surface area contributed by atoms with Crippen LogP contribution in [0.4, 0.5) is 5.82 Å². The summed E-state index contributed by atoms with van der Waals surface area (Å²) in [5.74, 6) is 0.170. The maximum absolute atomic E-state index is 12.0. The molecular formula is C13H8ClN3OS2. The van der Waals surface area contributed by atoms with Crippen LogP contribution in [0.5, 0.6) is 0 Å². The molecule has 7 heteroatoms. The van der Waals surface area contributed by atoms with Crippen molar-refractivity contribution in [2.24, 2.45) is 0 Å². The van der Waals surface area contributed by atoms with Gasteiger partial charge in [-0.2, -0.15) is 0 Å². The lowest BCUT2D eigenvalue weighted by Gasteiger charge is -2.01. The second-order valence-corrected chi connectivity index (χ2v) is 6.07. The molecule has 3 rings (SSSR count). The second-order valence-electron chi connectivity index (χ2n) is 3.83. The molecule has 1 N–H and O–H groups in total. The van der Waals surface area contributed by atoms with Gasteiger partial charge in [-0.3, -0.25) is 4.79 Å². The highest BCUT2D eigenvalue weighted by atomic mass is 35.5. The number of nitrogens with zero attached hydrogens (tertiary/aromatic N) is 2. The SMILES string of the molecule is O=C(Nc1ccc(Cl)cn1)c1csc(-c2cccs2)n1. The normalized spacial score (nSPS) is 10.4. The Morgan fingerprint density at radius 1 is 1.25 bits per heavy atom. The number of hydrogen-bond acceptors (Lipinski definition) is 5. The molecule has 0 saturated carbocycles. The summed E-state index contributed by atoms with van der Waals surface area (Å²) in [6, 6.07) is 7.25. The van der Waals surface area contributed by atoms with Gasteiger partial charge in [0.2, 0.25) is 0 Å². The van der Waals surface area contributed by atoms with Gasteiger partial charge in [-0.15, -0.1) is 22.7 Å². The van der Waals surface area contributed by atoms with E-state index in [-0.39, 0.29) is 5.91 Å². The lowest BCUT2D eigenvalue weighted by molar-refractivity contribution is 0.102. The zero-order valence-electron chi connectivity index (χ0n) is 10.0. The van der Waals surface area contributed by atoms with Crippen LogP contribution < -0.4 is 5.32 Å². The summed E-state index contributed by atoms with van der Waals surface area (Å²) < 4.78 is 0. The topological polar surface area (TPSA) is 54.9 Å². The van der Waals surface area contributed by atoms with E-state index in [1.54, 1.807) is 28.8 Å². The average Bonchev–Trinajstić information content (AvgIpc) is 3.11. The van der Waals surface area contributed by atoms with Crippen LogP contribution in [0.1, 0.15) is 10.5 Å². The summed E-state index contributed by atoms with van der Waals surface area (Å²) >= 11 is 8.78. The zero-order valence-corrected chi connectivity index (χ0v) is 12.4. The minimum Gasteiger partial charge on any atom is -0.305 e. The maximum atomic E-state index is 12.0. The highest BCUT2D eigenvalue weighted by Crippen LogP contribution is 2.27. The van der Waals surface area contributed by atoms with Gasteiger partial charge in [-0.25, -0.2) is 9.97 Å². The fraction of sp³-hybridized carbons (Fsp3) is 0. The minimum absolute atomic E-state index is 0.279. The summed E-state index contributed by atoms with van der Waals surface area (Å²) in [6.45, 7) is 0. The number of anilines is 1. The first kappa shape index (κ1) is 13.2. The van der Waals surface area contributed by atoms with Gasteiger partial charge in [-0.1, -0.05) is 17.7 Å². The van der Waals surface area contributed by atoms with Gasteiger partial charge >= 0.3 is 0 Å². The summed E-state index contributed by atoms with van der Waals surface area (Å²) in [4.78, 5) is 21.4. The van der Waals surface area contributed by atoms with Crippen LogP contribution >= 0.6 is 34.3 Å². The predicted molar refractivity (Wildman–Crippen MR) is 82.6 cm³/mol. The van der Waals surface area contributed by atoms with E-state index in [0.29, 0.717) is 16.5 Å². The van der Waals surface area contributed by atoms with Crippen molar-refractivity contribution in [3.05, 3.63) is 51.9 Å². The number of halogens is 1. The van der Waals surface area contributed by atoms with Gasteiger partial charge in [-0.05, 0) is 23.6 Å². The van der Waals surface area contributed by atoms with Crippen LogP contribution in [0.25, 0.3) is 9.88 Å². The highest BCUT2D eigenvalue weighted by Gasteiger charge is 2.12. The van der Waals surface area contributed by atoms with E-state index in [1.807, 2.05) is 17.5 Å². The Labute approximate surface area is 128 Å².